The van der Waals surface area contributed by atoms with E-state index in [9.17, 15) is 4.79 Å². The lowest BCUT2D eigenvalue weighted by molar-refractivity contribution is 0.102. The van der Waals surface area contributed by atoms with Crippen LogP contribution in [0.3, 0.4) is 0 Å². The highest BCUT2D eigenvalue weighted by atomic mass is 32.1. The molecule has 1 amide bonds. The molecule has 1 saturated heterocycles. The van der Waals surface area contributed by atoms with Gasteiger partial charge >= 0.3 is 0 Å². The van der Waals surface area contributed by atoms with E-state index in [0.29, 0.717) is 16.8 Å². The summed E-state index contributed by atoms with van der Waals surface area (Å²) in [5.74, 6) is 0.677. The summed E-state index contributed by atoms with van der Waals surface area (Å²) in [5.41, 5.74) is 1.30. The van der Waals surface area contributed by atoms with Crippen molar-refractivity contribution in [3.05, 3.63) is 29.0 Å². The van der Waals surface area contributed by atoms with Crippen LogP contribution in [-0.2, 0) is 0 Å². The quantitative estimate of drug-likeness (QED) is 0.931. The van der Waals surface area contributed by atoms with Gasteiger partial charge in [-0.15, -0.1) is 11.3 Å². The zero-order valence-electron chi connectivity index (χ0n) is 13.5. The van der Waals surface area contributed by atoms with Gasteiger partial charge in [0.05, 0.1) is 0 Å². The van der Waals surface area contributed by atoms with E-state index in [-0.39, 0.29) is 11.8 Å². The number of thiazole rings is 1. The van der Waals surface area contributed by atoms with E-state index in [2.05, 4.69) is 39.0 Å². The van der Waals surface area contributed by atoms with E-state index in [1.165, 1.54) is 17.8 Å². The molecular weight excluding hydrogens is 310 g/mol. The number of hydrogen-bond acceptors (Lipinski definition) is 6. The molecule has 0 saturated carbocycles. The van der Waals surface area contributed by atoms with Gasteiger partial charge in [0.25, 0.3) is 5.91 Å². The number of rotatable bonds is 4. The zero-order valence-corrected chi connectivity index (χ0v) is 14.3. The van der Waals surface area contributed by atoms with Crippen LogP contribution in [0.4, 0.5) is 11.1 Å². The fraction of sp³-hybridized carbons (Fsp3) is 0.500. The monoisotopic (exact) mass is 331 g/mol. The second kappa shape index (κ2) is 7.04. The van der Waals surface area contributed by atoms with Gasteiger partial charge in [0.15, 0.2) is 5.13 Å². The standard InChI is InChI=1S/C16H21N5OS/c1-11(2)12-10-13(14(22)20-16-17-6-9-23-16)19-15(18-12)21-7-4-3-5-8-21/h6,9-11H,3-5,7-8H2,1-2H3,(H,17,20,22). The largest absolute Gasteiger partial charge is 0.341 e. The van der Waals surface area contributed by atoms with Crippen molar-refractivity contribution < 1.29 is 4.79 Å². The molecule has 0 bridgehead atoms. The lowest BCUT2D eigenvalue weighted by Crippen LogP contribution is -2.32. The Morgan fingerprint density at radius 3 is 2.70 bits per heavy atom. The number of nitrogens with zero attached hydrogens (tertiary/aromatic N) is 4. The Hall–Kier alpha value is -2.02. The highest BCUT2D eigenvalue weighted by molar-refractivity contribution is 7.13. The molecule has 0 aromatic carbocycles. The van der Waals surface area contributed by atoms with E-state index < -0.39 is 0 Å². The molecule has 1 aliphatic rings. The minimum atomic E-state index is -0.234. The Morgan fingerprint density at radius 1 is 1.26 bits per heavy atom. The SMILES string of the molecule is CC(C)c1cc(C(=O)Nc2nccs2)nc(N2CCCCC2)n1. The van der Waals surface area contributed by atoms with Crippen LogP contribution in [0.5, 0.6) is 0 Å². The molecule has 7 heteroatoms. The van der Waals surface area contributed by atoms with Crippen molar-refractivity contribution in [3.63, 3.8) is 0 Å². The van der Waals surface area contributed by atoms with Gasteiger partial charge in [0.1, 0.15) is 5.69 Å². The summed E-state index contributed by atoms with van der Waals surface area (Å²) in [6, 6.07) is 1.78. The van der Waals surface area contributed by atoms with Crippen molar-refractivity contribution in [1.82, 2.24) is 15.0 Å². The predicted octanol–water partition coefficient (Wildman–Crippen LogP) is 3.30. The summed E-state index contributed by atoms with van der Waals surface area (Å²) >= 11 is 1.39. The van der Waals surface area contributed by atoms with Gasteiger partial charge in [0, 0.05) is 30.4 Å². The van der Waals surface area contributed by atoms with Crippen molar-refractivity contribution in [2.45, 2.75) is 39.0 Å². The van der Waals surface area contributed by atoms with Crippen molar-refractivity contribution in [2.75, 3.05) is 23.3 Å². The van der Waals surface area contributed by atoms with Crippen LogP contribution < -0.4 is 10.2 Å². The molecule has 3 heterocycles. The third-order valence-corrected chi connectivity index (χ3v) is 4.54. The first-order chi connectivity index (χ1) is 11.1. The van der Waals surface area contributed by atoms with Gasteiger partial charge in [-0.25, -0.2) is 15.0 Å². The number of nitrogens with one attached hydrogen (secondary N) is 1. The van der Waals surface area contributed by atoms with E-state index in [0.717, 1.165) is 31.6 Å². The molecule has 122 valence electrons. The third-order valence-electron chi connectivity index (χ3n) is 3.85. The van der Waals surface area contributed by atoms with Gasteiger partial charge in [0.2, 0.25) is 5.95 Å². The summed E-state index contributed by atoms with van der Waals surface area (Å²) in [7, 11) is 0. The fourth-order valence-electron chi connectivity index (χ4n) is 2.55. The molecule has 2 aromatic rings. The maximum absolute atomic E-state index is 12.5. The number of anilines is 2. The Kier molecular flexibility index (Phi) is 4.85. The molecule has 0 atom stereocenters. The average Bonchev–Trinajstić information content (AvgIpc) is 3.08. The molecule has 2 aromatic heterocycles. The number of hydrogen-bond donors (Lipinski definition) is 1. The first kappa shape index (κ1) is 15.9. The normalized spacial score (nSPS) is 15.0. The molecule has 0 radical (unpaired) electrons. The Bertz CT molecular complexity index is 665. The predicted molar refractivity (Wildman–Crippen MR) is 92.3 cm³/mol. The molecule has 6 nitrogen and oxygen atoms in total. The molecule has 0 spiro atoms. The Balaban J connectivity index is 1.88. The summed E-state index contributed by atoms with van der Waals surface area (Å²) in [5, 5.41) is 5.20. The number of carbonyl (C=O) groups is 1. The van der Waals surface area contributed by atoms with E-state index in [1.54, 1.807) is 12.3 Å². The second-order valence-electron chi connectivity index (χ2n) is 5.97. The van der Waals surface area contributed by atoms with Crippen molar-refractivity contribution in [2.24, 2.45) is 0 Å². The topological polar surface area (TPSA) is 71.0 Å². The average molecular weight is 331 g/mol. The lowest BCUT2D eigenvalue weighted by Gasteiger charge is -2.27. The highest BCUT2D eigenvalue weighted by Crippen LogP contribution is 2.21. The summed E-state index contributed by atoms with van der Waals surface area (Å²) < 4.78 is 0. The maximum Gasteiger partial charge on any atom is 0.276 e. The molecule has 0 aliphatic carbocycles. The van der Waals surface area contributed by atoms with Crippen molar-refractivity contribution >= 4 is 28.3 Å². The summed E-state index contributed by atoms with van der Waals surface area (Å²) in [6.07, 6.45) is 5.21. The van der Waals surface area contributed by atoms with Gasteiger partial charge in [-0.05, 0) is 31.2 Å². The van der Waals surface area contributed by atoms with Crippen molar-refractivity contribution in [1.29, 1.82) is 0 Å². The van der Waals surface area contributed by atoms with E-state index in [1.807, 2.05) is 5.38 Å². The molecule has 1 aliphatic heterocycles. The molecule has 23 heavy (non-hydrogen) atoms. The third kappa shape index (κ3) is 3.85. The second-order valence-corrected chi connectivity index (χ2v) is 6.87. The van der Waals surface area contributed by atoms with Crippen LogP contribution in [-0.4, -0.2) is 33.9 Å². The first-order valence-corrected chi connectivity index (χ1v) is 8.86. The lowest BCUT2D eigenvalue weighted by atomic mass is 10.1. The number of aromatic nitrogens is 3. The van der Waals surface area contributed by atoms with Crippen LogP contribution in [0.2, 0.25) is 0 Å². The van der Waals surface area contributed by atoms with E-state index >= 15 is 0 Å². The molecular formula is C16H21N5OS. The van der Waals surface area contributed by atoms with Crippen molar-refractivity contribution in [3.8, 4) is 0 Å². The minimum Gasteiger partial charge on any atom is -0.341 e. The van der Waals surface area contributed by atoms with Crippen LogP contribution in [0.15, 0.2) is 17.6 Å². The zero-order chi connectivity index (χ0) is 16.2. The summed E-state index contributed by atoms with van der Waals surface area (Å²) in [6.45, 7) is 6.06. The van der Waals surface area contributed by atoms with Crippen LogP contribution in [0.25, 0.3) is 0 Å². The molecule has 3 rings (SSSR count). The first-order valence-electron chi connectivity index (χ1n) is 7.98. The smallest absolute Gasteiger partial charge is 0.276 e. The molecule has 0 unspecified atom stereocenters. The maximum atomic E-state index is 12.5. The number of amides is 1. The van der Waals surface area contributed by atoms with Crippen LogP contribution in [0, 0.1) is 0 Å². The van der Waals surface area contributed by atoms with Crippen LogP contribution >= 0.6 is 11.3 Å². The van der Waals surface area contributed by atoms with Gasteiger partial charge in [-0.3, -0.25) is 10.1 Å². The Labute approximate surface area is 140 Å². The van der Waals surface area contributed by atoms with Crippen LogP contribution in [0.1, 0.15) is 55.2 Å². The van der Waals surface area contributed by atoms with Gasteiger partial charge in [-0.2, -0.15) is 0 Å². The molecule has 1 N–H and O–H groups in total. The Morgan fingerprint density at radius 2 is 2.04 bits per heavy atom. The van der Waals surface area contributed by atoms with E-state index in [4.69, 9.17) is 0 Å². The highest BCUT2D eigenvalue weighted by Gasteiger charge is 2.19. The van der Waals surface area contributed by atoms with Gasteiger partial charge < -0.3 is 4.90 Å². The minimum absolute atomic E-state index is 0.234. The fourth-order valence-corrected chi connectivity index (χ4v) is 3.07. The molecule has 1 fully saturated rings. The number of carbonyl (C=O) groups excluding carboxylic acids is 1. The van der Waals surface area contributed by atoms with Gasteiger partial charge in [-0.1, -0.05) is 13.8 Å². The summed E-state index contributed by atoms with van der Waals surface area (Å²) in [4.78, 5) is 27.9. The number of piperidine rings is 1.